The molecule has 0 heterocycles. The zero-order chi connectivity index (χ0) is 17.7. The van der Waals surface area contributed by atoms with Crippen LogP contribution in [0, 0.1) is 11.6 Å². The summed E-state index contributed by atoms with van der Waals surface area (Å²) in [7, 11) is 3.64. The molecule has 0 bridgehead atoms. The van der Waals surface area contributed by atoms with Crippen LogP contribution in [0.5, 0.6) is 0 Å². The highest BCUT2D eigenvalue weighted by Crippen LogP contribution is 2.18. The van der Waals surface area contributed by atoms with Gasteiger partial charge in [0.1, 0.15) is 17.3 Å². The first-order valence-corrected chi connectivity index (χ1v) is 7.07. The quantitative estimate of drug-likeness (QED) is 0.854. The van der Waals surface area contributed by atoms with Crippen molar-refractivity contribution >= 4 is 23.3 Å². The minimum Gasteiger partial charge on any atom is -0.452 e. The van der Waals surface area contributed by atoms with Crippen LogP contribution in [0.2, 0.25) is 0 Å². The van der Waals surface area contributed by atoms with Gasteiger partial charge < -0.3 is 15.0 Å². The first-order chi connectivity index (χ1) is 11.4. The van der Waals surface area contributed by atoms with Crippen LogP contribution in [0.3, 0.4) is 0 Å². The van der Waals surface area contributed by atoms with Crippen LogP contribution in [-0.2, 0) is 9.53 Å². The lowest BCUT2D eigenvalue weighted by Crippen LogP contribution is -2.22. The third kappa shape index (κ3) is 4.28. The number of esters is 1. The van der Waals surface area contributed by atoms with Crippen molar-refractivity contribution in [1.29, 1.82) is 0 Å². The molecule has 0 aliphatic heterocycles. The van der Waals surface area contributed by atoms with Crippen LogP contribution in [0.1, 0.15) is 10.4 Å². The van der Waals surface area contributed by atoms with Crippen molar-refractivity contribution < 1.29 is 23.1 Å². The molecular formula is C17H16F2N2O3. The Morgan fingerprint density at radius 2 is 1.71 bits per heavy atom. The van der Waals surface area contributed by atoms with E-state index in [1.807, 2.05) is 30.4 Å². The molecule has 0 saturated heterocycles. The fraction of sp³-hybridized carbons (Fsp3) is 0.176. The molecule has 0 aliphatic rings. The molecule has 2 aromatic carbocycles. The van der Waals surface area contributed by atoms with Gasteiger partial charge in [0.2, 0.25) is 0 Å². The lowest BCUT2D eigenvalue weighted by Gasteiger charge is -2.13. The van der Waals surface area contributed by atoms with Gasteiger partial charge in [-0.15, -0.1) is 0 Å². The third-order valence-electron chi connectivity index (χ3n) is 3.16. The first-order valence-electron chi connectivity index (χ1n) is 7.07. The molecule has 0 spiro atoms. The number of carbonyl (C=O) groups is 2. The van der Waals surface area contributed by atoms with E-state index < -0.39 is 35.8 Å². The molecule has 2 aromatic rings. The van der Waals surface area contributed by atoms with Gasteiger partial charge in [0.05, 0.1) is 5.56 Å². The predicted octanol–water partition coefficient (Wildman–Crippen LogP) is 2.83. The Balaban J connectivity index is 1.96. The van der Waals surface area contributed by atoms with E-state index >= 15 is 0 Å². The number of nitrogens with one attached hydrogen (secondary N) is 1. The Bertz CT molecular complexity index is 743. The van der Waals surface area contributed by atoms with E-state index in [0.717, 1.165) is 17.8 Å². The zero-order valence-electron chi connectivity index (χ0n) is 13.2. The summed E-state index contributed by atoms with van der Waals surface area (Å²) in [6.07, 6.45) is 0. The molecule has 5 nitrogen and oxygen atoms in total. The summed E-state index contributed by atoms with van der Waals surface area (Å²) in [4.78, 5) is 25.4. The maximum atomic E-state index is 13.4. The van der Waals surface area contributed by atoms with E-state index in [-0.39, 0.29) is 5.56 Å². The van der Waals surface area contributed by atoms with Crippen molar-refractivity contribution in [2.75, 3.05) is 30.9 Å². The lowest BCUT2D eigenvalue weighted by molar-refractivity contribution is -0.119. The lowest BCUT2D eigenvalue weighted by atomic mass is 10.2. The maximum absolute atomic E-state index is 13.4. The number of benzene rings is 2. The Hall–Kier alpha value is -2.96. The average molecular weight is 334 g/mol. The number of rotatable bonds is 5. The predicted molar refractivity (Wildman–Crippen MR) is 86.0 cm³/mol. The summed E-state index contributed by atoms with van der Waals surface area (Å²) >= 11 is 0. The van der Waals surface area contributed by atoms with Crippen LogP contribution < -0.4 is 10.2 Å². The minimum absolute atomic E-state index is 0.270. The maximum Gasteiger partial charge on any atom is 0.338 e. The van der Waals surface area contributed by atoms with Crippen molar-refractivity contribution in [3.05, 3.63) is 59.7 Å². The second-order valence-corrected chi connectivity index (χ2v) is 5.17. The van der Waals surface area contributed by atoms with Gasteiger partial charge in [0.15, 0.2) is 6.61 Å². The number of anilines is 2. The summed E-state index contributed by atoms with van der Waals surface area (Å²) in [6, 6.07) is 9.85. The second kappa shape index (κ2) is 7.54. The molecule has 1 amide bonds. The van der Waals surface area contributed by atoms with Crippen LogP contribution in [0.25, 0.3) is 0 Å². The number of amides is 1. The van der Waals surface area contributed by atoms with E-state index in [0.29, 0.717) is 0 Å². The Morgan fingerprint density at radius 1 is 1.08 bits per heavy atom. The van der Waals surface area contributed by atoms with Gasteiger partial charge in [-0.25, -0.2) is 13.6 Å². The summed E-state index contributed by atoms with van der Waals surface area (Å²) < 4.78 is 31.7. The fourth-order valence-corrected chi connectivity index (χ4v) is 1.92. The van der Waals surface area contributed by atoms with E-state index in [2.05, 4.69) is 0 Å². The average Bonchev–Trinajstić information content (AvgIpc) is 2.56. The summed E-state index contributed by atoms with van der Waals surface area (Å²) in [5.41, 5.74) is 0.488. The number of hydrogen-bond acceptors (Lipinski definition) is 4. The number of halogens is 2. The monoisotopic (exact) mass is 334 g/mol. The third-order valence-corrected chi connectivity index (χ3v) is 3.16. The smallest absolute Gasteiger partial charge is 0.338 e. The molecule has 1 N–H and O–H groups in total. The second-order valence-electron chi connectivity index (χ2n) is 5.17. The van der Waals surface area contributed by atoms with Crippen molar-refractivity contribution in [1.82, 2.24) is 0 Å². The first kappa shape index (κ1) is 17.4. The highest BCUT2D eigenvalue weighted by Gasteiger charge is 2.15. The highest BCUT2D eigenvalue weighted by atomic mass is 19.1. The molecular weight excluding hydrogens is 318 g/mol. The van der Waals surface area contributed by atoms with E-state index in [1.54, 1.807) is 18.2 Å². The molecule has 0 aromatic heterocycles. The van der Waals surface area contributed by atoms with Gasteiger partial charge in [-0.05, 0) is 30.3 Å². The van der Waals surface area contributed by atoms with Crippen molar-refractivity contribution in [2.45, 2.75) is 0 Å². The number of ether oxygens (including phenoxy) is 1. The SMILES string of the molecule is CN(C)c1cccc(C(=O)OCC(=O)Nc2c(F)cccc2F)c1. The van der Waals surface area contributed by atoms with E-state index in [9.17, 15) is 18.4 Å². The standard InChI is InChI=1S/C17H16F2N2O3/c1-21(2)12-6-3-5-11(9-12)17(23)24-10-15(22)20-16-13(18)7-4-8-14(16)19/h3-9H,10H2,1-2H3,(H,20,22). The van der Waals surface area contributed by atoms with Crippen molar-refractivity contribution in [3.8, 4) is 0 Å². The number of para-hydroxylation sites is 1. The molecule has 0 saturated carbocycles. The van der Waals surface area contributed by atoms with Gasteiger partial charge in [-0.3, -0.25) is 4.79 Å². The summed E-state index contributed by atoms with van der Waals surface area (Å²) in [5.74, 6) is -3.36. The molecule has 2 rings (SSSR count). The summed E-state index contributed by atoms with van der Waals surface area (Å²) in [5, 5.41) is 2.04. The van der Waals surface area contributed by atoms with Crippen LogP contribution in [0.4, 0.5) is 20.2 Å². The molecule has 0 fully saturated rings. The van der Waals surface area contributed by atoms with Crippen LogP contribution in [-0.4, -0.2) is 32.6 Å². The zero-order valence-corrected chi connectivity index (χ0v) is 13.2. The minimum atomic E-state index is -0.909. The molecule has 0 atom stereocenters. The fourth-order valence-electron chi connectivity index (χ4n) is 1.92. The topological polar surface area (TPSA) is 58.6 Å². The number of nitrogens with zero attached hydrogens (tertiary/aromatic N) is 1. The largest absolute Gasteiger partial charge is 0.452 e. The highest BCUT2D eigenvalue weighted by molar-refractivity contribution is 5.96. The molecule has 0 radical (unpaired) electrons. The van der Waals surface area contributed by atoms with E-state index in [4.69, 9.17) is 4.74 Å². The number of hydrogen-bond donors (Lipinski definition) is 1. The Morgan fingerprint density at radius 3 is 2.33 bits per heavy atom. The number of carbonyl (C=O) groups excluding carboxylic acids is 2. The molecule has 24 heavy (non-hydrogen) atoms. The van der Waals surface area contributed by atoms with Gasteiger partial charge in [0, 0.05) is 19.8 Å². The van der Waals surface area contributed by atoms with Crippen LogP contribution >= 0.6 is 0 Å². The van der Waals surface area contributed by atoms with E-state index in [1.165, 1.54) is 6.07 Å². The van der Waals surface area contributed by atoms with Crippen molar-refractivity contribution in [3.63, 3.8) is 0 Å². The Kier molecular flexibility index (Phi) is 5.47. The van der Waals surface area contributed by atoms with Crippen molar-refractivity contribution in [2.24, 2.45) is 0 Å². The normalized spacial score (nSPS) is 10.2. The van der Waals surface area contributed by atoms with Gasteiger partial charge in [-0.2, -0.15) is 0 Å². The van der Waals surface area contributed by atoms with Crippen LogP contribution in [0.15, 0.2) is 42.5 Å². The van der Waals surface area contributed by atoms with Gasteiger partial charge >= 0.3 is 5.97 Å². The van der Waals surface area contributed by atoms with Gasteiger partial charge in [-0.1, -0.05) is 12.1 Å². The molecule has 7 heteroatoms. The Labute approximate surface area is 137 Å². The molecule has 0 aliphatic carbocycles. The van der Waals surface area contributed by atoms with Gasteiger partial charge in [0.25, 0.3) is 5.91 Å². The summed E-state index contributed by atoms with van der Waals surface area (Å²) in [6.45, 7) is -0.654. The molecule has 126 valence electrons. The molecule has 0 unspecified atom stereocenters.